The van der Waals surface area contributed by atoms with Gasteiger partial charge >= 0.3 is 11.9 Å². The molecule has 3 aliphatic rings. The van der Waals surface area contributed by atoms with Crippen LogP contribution in [0.3, 0.4) is 0 Å². The third-order valence-electron chi connectivity index (χ3n) is 8.16. The lowest BCUT2D eigenvalue weighted by Crippen LogP contribution is -2.33. The molecule has 1 aromatic heterocycles. The van der Waals surface area contributed by atoms with Crippen molar-refractivity contribution in [2.45, 2.75) is 12.5 Å². The zero-order valence-electron chi connectivity index (χ0n) is 23.2. The van der Waals surface area contributed by atoms with Crippen molar-refractivity contribution < 1.29 is 42.7 Å². The van der Waals surface area contributed by atoms with Crippen molar-refractivity contribution >= 4 is 22.8 Å². The summed E-state index contributed by atoms with van der Waals surface area (Å²) in [6.45, 7) is 0.163. The molecule has 3 atom stereocenters. The highest BCUT2D eigenvalue weighted by molar-refractivity contribution is 5.91. The Kier molecular flexibility index (Phi) is 6.26. The van der Waals surface area contributed by atoms with Crippen LogP contribution in [0, 0.1) is 11.8 Å². The van der Waals surface area contributed by atoms with Gasteiger partial charge in [-0.05, 0) is 47.9 Å². The molecule has 3 heterocycles. The molecule has 42 heavy (non-hydrogen) atoms. The van der Waals surface area contributed by atoms with E-state index in [1.165, 1.54) is 7.11 Å². The number of rotatable bonds is 6. The Labute approximate surface area is 241 Å². The predicted molar refractivity (Wildman–Crippen MR) is 149 cm³/mol. The number of esters is 2. The molecule has 1 saturated heterocycles. The molecule has 0 N–H and O–H groups in total. The van der Waals surface area contributed by atoms with Gasteiger partial charge in [-0.15, -0.1) is 0 Å². The van der Waals surface area contributed by atoms with E-state index in [-0.39, 0.29) is 31.0 Å². The van der Waals surface area contributed by atoms with E-state index in [2.05, 4.69) is 4.98 Å². The molecule has 0 amide bonds. The summed E-state index contributed by atoms with van der Waals surface area (Å²) in [5.41, 5.74) is 3.76. The van der Waals surface area contributed by atoms with E-state index in [0.29, 0.717) is 51.8 Å². The van der Waals surface area contributed by atoms with Gasteiger partial charge in [-0.2, -0.15) is 0 Å². The van der Waals surface area contributed by atoms with E-state index in [1.54, 1.807) is 20.3 Å². The summed E-state index contributed by atoms with van der Waals surface area (Å²) in [4.78, 5) is 31.0. The molecular formula is C32H27NO9. The van der Waals surface area contributed by atoms with Crippen LogP contribution in [0.4, 0.5) is 0 Å². The summed E-state index contributed by atoms with van der Waals surface area (Å²) < 4.78 is 40.2. The van der Waals surface area contributed by atoms with Crippen molar-refractivity contribution in [1.82, 2.24) is 4.98 Å². The van der Waals surface area contributed by atoms with Crippen LogP contribution in [-0.4, -0.2) is 51.7 Å². The molecule has 7 rings (SSSR count). The lowest BCUT2D eigenvalue weighted by molar-refractivity contribution is -0.141. The number of cyclic esters (lactones) is 1. The smallest absolute Gasteiger partial charge is 0.357 e. The summed E-state index contributed by atoms with van der Waals surface area (Å²) in [6.07, 6.45) is -0.426. The van der Waals surface area contributed by atoms with E-state index in [4.69, 9.17) is 33.2 Å². The van der Waals surface area contributed by atoms with Crippen molar-refractivity contribution in [2.24, 2.45) is 11.8 Å². The van der Waals surface area contributed by atoms with Crippen LogP contribution < -0.4 is 23.7 Å². The van der Waals surface area contributed by atoms with Crippen molar-refractivity contribution in [2.75, 3.05) is 34.7 Å². The second-order valence-corrected chi connectivity index (χ2v) is 10.3. The van der Waals surface area contributed by atoms with E-state index in [9.17, 15) is 9.59 Å². The van der Waals surface area contributed by atoms with Crippen LogP contribution in [0.1, 0.15) is 27.7 Å². The maximum absolute atomic E-state index is 13.5. The van der Waals surface area contributed by atoms with E-state index >= 15 is 0 Å². The minimum absolute atomic E-state index is 0.0238. The fraction of sp³-hybridized carbons (Fsp3) is 0.281. The highest BCUT2D eigenvalue weighted by Gasteiger charge is 2.50. The molecule has 4 aromatic rings. The Morgan fingerprint density at radius 2 is 1.71 bits per heavy atom. The first-order valence-electron chi connectivity index (χ1n) is 13.5. The molecule has 0 spiro atoms. The summed E-state index contributed by atoms with van der Waals surface area (Å²) >= 11 is 0. The molecule has 0 bridgehead atoms. The number of carbonyl (C=O) groups is 2. The van der Waals surface area contributed by atoms with Gasteiger partial charge in [0.1, 0.15) is 11.8 Å². The number of carbonyl (C=O) groups excluding carboxylic acids is 2. The molecular weight excluding hydrogens is 542 g/mol. The highest BCUT2D eigenvalue weighted by atomic mass is 16.7. The zero-order chi connectivity index (χ0) is 29.0. The number of benzene rings is 3. The minimum atomic E-state index is -0.791. The number of pyridine rings is 1. The third-order valence-corrected chi connectivity index (χ3v) is 8.16. The SMILES string of the molecule is COc1cc(-c2c3c(cc4c2OCO4)[C@H](OC(=O)c2ccc4ccccc4n2)[C@H]2COC(=O)[C@@H]2C3)cc(OC)c1OC. The van der Waals surface area contributed by atoms with Gasteiger partial charge in [0, 0.05) is 22.4 Å². The molecule has 1 aliphatic carbocycles. The van der Waals surface area contributed by atoms with Crippen LogP contribution in [0.5, 0.6) is 28.7 Å². The summed E-state index contributed by atoms with van der Waals surface area (Å²) in [6, 6.07) is 16.5. The third kappa shape index (κ3) is 4.05. The number of fused-ring (bicyclic) bond motifs is 4. The molecule has 3 aromatic carbocycles. The van der Waals surface area contributed by atoms with Gasteiger partial charge in [0.15, 0.2) is 23.0 Å². The molecule has 0 saturated carbocycles. The van der Waals surface area contributed by atoms with Gasteiger partial charge in [0.25, 0.3) is 0 Å². The van der Waals surface area contributed by atoms with Gasteiger partial charge in [-0.25, -0.2) is 9.78 Å². The molecule has 2 aliphatic heterocycles. The fourth-order valence-corrected chi connectivity index (χ4v) is 6.17. The van der Waals surface area contributed by atoms with Gasteiger partial charge in [0.2, 0.25) is 12.5 Å². The Hall–Kier alpha value is -4.99. The first-order valence-corrected chi connectivity index (χ1v) is 13.5. The lowest BCUT2D eigenvalue weighted by atomic mass is 9.73. The Bertz CT molecular complexity index is 1730. The zero-order valence-corrected chi connectivity index (χ0v) is 23.2. The lowest BCUT2D eigenvalue weighted by Gasteiger charge is -2.34. The first kappa shape index (κ1) is 25.9. The van der Waals surface area contributed by atoms with Crippen LogP contribution in [0.25, 0.3) is 22.0 Å². The van der Waals surface area contributed by atoms with E-state index in [0.717, 1.165) is 16.5 Å². The molecule has 10 nitrogen and oxygen atoms in total. The topological polar surface area (TPSA) is 112 Å². The number of nitrogens with zero attached hydrogens (tertiary/aromatic N) is 1. The number of para-hydroxylation sites is 1. The normalized spacial score (nSPS) is 20.0. The summed E-state index contributed by atoms with van der Waals surface area (Å²) in [5, 5.41) is 0.912. The molecule has 0 unspecified atom stereocenters. The van der Waals surface area contributed by atoms with Crippen molar-refractivity contribution in [1.29, 1.82) is 0 Å². The van der Waals surface area contributed by atoms with Crippen LogP contribution in [0.15, 0.2) is 54.6 Å². The number of aromatic nitrogens is 1. The number of methoxy groups -OCH3 is 3. The molecule has 10 heteroatoms. The maximum Gasteiger partial charge on any atom is 0.357 e. The van der Waals surface area contributed by atoms with Crippen LogP contribution in [-0.2, 0) is 20.7 Å². The molecule has 0 radical (unpaired) electrons. The number of hydrogen-bond donors (Lipinski definition) is 0. The number of ether oxygens (including phenoxy) is 7. The Morgan fingerprint density at radius 1 is 0.929 bits per heavy atom. The summed E-state index contributed by atoms with van der Waals surface area (Å²) in [7, 11) is 4.62. The van der Waals surface area contributed by atoms with Crippen molar-refractivity contribution in [3.8, 4) is 39.9 Å². The molecule has 1 fully saturated rings. The van der Waals surface area contributed by atoms with Crippen LogP contribution >= 0.6 is 0 Å². The summed E-state index contributed by atoms with van der Waals surface area (Å²) in [5.74, 6) is 0.570. The van der Waals surface area contributed by atoms with E-state index in [1.807, 2.05) is 48.5 Å². The Morgan fingerprint density at radius 3 is 2.48 bits per heavy atom. The van der Waals surface area contributed by atoms with Gasteiger partial charge in [-0.3, -0.25) is 4.79 Å². The quantitative estimate of drug-likeness (QED) is 0.297. The monoisotopic (exact) mass is 569 g/mol. The highest BCUT2D eigenvalue weighted by Crippen LogP contribution is 2.55. The fourth-order valence-electron chi connectivity index (χ4n) is 6.17. The van der Waals surface area contributed by atoms with Crippen molar-refractivity contribution in [3.05, 3.63) is 71.4 Å². The van der Waals surface area contributed by atoms with Gasteiger partial charge < -0.3 is 33.2 Å². The largest absolute Gasteiger partial charge is 0.493 e. The first-order chi connectivity index (χ1) is 20.5. The molecule has 214 valence electrons. The minimum Gasteiger partial charge on any atom is -0.493 e. The standard InChI is InChI=1S/C32H27NO9/c1-36-24-10-17(11-25(37-2)29(24)38-3)27-18-12-20-21(14-39-31(20)34)28(19(18)13-26-30(27)41-15-40-26)42-32(35)23-9-8-16-6-4-5-7-22(16)33-23/h4-11,13,20-21,28H,12,14-15H2,1-3H3/t20-,21+,28+/m1/s1. The van der Waals surface area contributed by atoms with Gasteiger partial charge in [-0.1, -0.05) is 24.3 Å². The van der Waals surface area contributed by atoms with Gasteiger partial charge in [0.05, 0.1) is 39.4 Å². The average Bonchev–Trinajstić information content (AvgIpc) is 3.65. The van der Waals surface area contributed by atoms with Crippen LogP contribution in [0.2, 0.25) is 0 Å². The number of hydrogen-bond acceptors (Lipinski definition) is 10. The van der Waals surface area contributed by atoms with Crippen molar-refractivity contribution in [3.63, 3.8) is 0 Å². The van der Waals surface area contributed by atoms with E-state index < -0.39 is 18.0 Å². The second-order valence-electron chi connectivity index (χ2n) is 10.3. The maximum atomic E-state index is 13.5. The predicted octanol–water partition coefficient (Wildman–Crippen LogP) is 4.90. The second kappa shape index (κ2) is 10.1. The average molecular weight is 570 g/mol. The Balaban J connectivity index is 1.38.